The van der Waals surface area contributed by atoms with Crippen molar-refractivity contribution >= 4 is 17.5 Å². The molecule has 1 aliphatic heterocycles. The minimum Gasteiger partial charge on any atom is -0.493 e. The van der Waals surface area contributed by atoms with E-state index in [0.29, 0.717) is 37.7 Å². The van der Waals surface area contributed by atoms with Crippen LogP contribution in [0.1, 0.15) is 11.1 Å². The van der Waals surface area contributed by atoms with Crippen molar-refractivity contribution in [2.45, 2.75) is 13.8 Å². The molecule has 2 amide bonds. The molecule has 33 heavy (non-hydrogen) atoms. The second-order valence-corrected chi connectivity index (χ2v) is 8.00. The lowest BCUT2D eigenvalue weighted by Gasteiger charge is -2.35. The van der Waals surface area contributed by atoms with Gasteiger partial charge in [-0.1, -0.05) is 12.1 Å². The Balaban J connectivity index is 1.37. The van der Waals surface area contributed by atoms with Crippen LogP contribution in [-0.4, -0.2) is 61.5 Å². The van der Waals surface area contributed by atoms with E-state index in [1.165, 1.54) is 0 Å². The SMILES string of the molecule is COc1ccc(-c2ccc(N3CCN(C(=O)Nc4cccc(C)c4C)CC3)nn2)cc1OC. The standard InChI is InChI=1S/C25H29N5O3/c1-17-6-5-7-20(18(17)2)26-25(31)30-14-12-29(13-15-30)24-11-9-21(27-28-24)19-8-10-22(32-3)23(16-19)33-4/h5-11,16H,12-15H2,1-4H3,(H,26,31). The van der Waals surface area contributed by atoms with Gasteiger partial charge in [-0.2, -0.15) is 0 Å². The second-order valence-electron chi connectivity index (χ2n) is 8.00. The molecule has 0 atom stereocenters. The molecule has 2 aromatic carbocycles. The zero-order valence-electron chi connectivity index (χ0n) is 19.5. The average Bonchev–Trinajstić information content (AvgIpc) is 2.86. The molecule has 8 heteroatoms. The number of ether oxygens (including phenoxy) is 2. The van der Waals surface area contributed by atoms with Crippen LogP contribution in [0, 0.1) is 13.8 Å². The number of anilines is 2. The fraction of sp³-hybridized carbons (Fsp3) is 0.320. The minimum absolute atomic E-state index is 0.0711. The van der Waals surface area contributed by atoms with Gasteiger partial charge in [0.25, 0.3) is 0 Å². The quantitative estimate of drug-likeness (QED) is 0.634. The number of carbonyl (C=O) groups excluding carboxylic acids is 1. The lowest BCUT2D eigenvalue weighted by atomic mass is 10.1. The van der Waals surface area contributed by atoms with E-state index in [2.05, 4.69) is 20.4 Å². The molecule has 0 spiro atoms. The van der Waals surface area contributed by atoms with E-state index in [9.17, 15) is 4.79 Å². The van der Waals surface area contributed by atoms with E-state index < -0.39 is 0 Å². The lowest BCUT2D eigenvalue weighted by molar-refractivity contribution is 0.208. The highest BCUT2D eigenvalue weighted by molar-refractivity contribution is 5.90. The third kappa shape index (κ3) is 4.84. The predicted molar refractivity (Wildman–Crippen MR) is 129 cm³/mol. The van der Waals surface area contributed by atoms with Gasteiger partial charge in [0.1, 0.15) is 0 Å². The maximum Gasteiger partial charge on any atom is 0.321 e. The Morgan fingerprint density at radius 2 is 1.67 bits per heavy atom. The molecular weight excluding hydrogens is 418 g/mol. The number of hydrogen-bond acceptors (Lipinski definition) is 6. The summed E-state index contributed by atoms with van der Waals surface area (Å²) in [5, 5.41) is 11.9. The van der Waals surface area contributed by atoms with Crippen molar-refractivity contribution < 1.29 is 14.3 Å². The summed E-state index contributed by atoms with van der Waals surface area (Å²) < 4.78 is 10.7. The molecule has 2 heterocycles. The number of nitrogens with zero attached hydrogens (tertiary/aromatic N) is 4. The molecule has 0 bridgehead atoms. The molecule has 1 aliphatic rings. The van der Waals surface area contributed by atoms with Crippen LogP contribution in [0.5, 0.6) is 11.5 Å². The summed E-state index contributed by atoms with van der Waals surface area (Å²) in [5.74, 6) is 2.12. The summed E-state index contributed by atoms with van der Waals surface area (Å²) in [6.07, 6.45) is 0. The van der Waals surface area contributed by atoms with Gasteiger partial charge < -0.3 is 24.6 Å². The Labute approximate surface area is 194 Å². The number of methoxy groups -OCH3 is 2. The van der Waals surface area contributed by atoms with Gasteiger partial charge in [0.2, 0.25) is 0 Å². The number of nitrogens with one attached hydrogen (secondary N) is 1. The minimum atomic E-state index is -0.0711. The molecular formula is C25H29N5O3. The summed E-state index contributed by atoms with van der Waals surface area (Å²) in [6, 6.07) is 15.4. The molecule has 172 valence electrons. The maximum atomic E-state index is 12.7. The number of aryl methyl sites for hydroxylation is 1. The monoisotopic (exact) mass is 447 g/mol. The van der Waals surface area contributed by atoms with Crippen LogP contribution in [0.4, 0.5) is 16.3 Å². The van der Waals surface area contributed by atoms with E-state index in [4.69, 9.17) is 9.47 Å². The Kier molecular flexibility index (Phi) is 6.63. The zero-order chi connectivity index (χ0) is 23.4. The fourth-order valence-corrected chi connectivity index (χ4v) is 3.86. The largest absolute Gasteiger partial charge is 0.493 e. The number of piperazine rings is 1. The van der Waals surface area contributed by atoms with E-state index in [1.807, 2.05) is 67.3 Å². The highest BCUT2D eigenvalue weighted by Crippen LogP contribution is 2.31. The number of aromatic nitrogens is 2. The van der Waals surface area contributed by atoms with Crippen molar-refractivity contribution in [3.05, 3.63) is 59.7 Å². The van der Waals surface area contributed by atoms with Crippen LogP contribution in [0.2, 0.25) is 0 Å². The summed E-state index contributed by atoms with van der Waals surface area (Å²) in [4.78, 5) is 16.7. The Hall–Kier alpha value is -3.81. The fourth-order valence-electron chi connectivity index (χ4n) is 3.86. The van der Waals surface area contributed by atoms with Crippen molar-refractivity contribution in [1.29, 1.82) is 0 Å². The Bertz CT molecular complexity index is 1130. The number of carbonyl (C=O) groups is 1. The molecule has 0 saturated carbocycles. The molecule has 3 aromatic rings. The zero-order valence-corrected chi connectivity index (χ0v) is 19.5. The van der Waals surface area contributed by atoms with Gasteiger partial charge in [-0.3, -0.25) is 0 Å². The molecule has 8 nitrogen and oxygen atoms in total. The van der Waals surface area contributed by atoms with Gasteiger partial charge in [0.15, 0.2) is 17.3 Å². The first-order valence-electron chi connectivity index (χ1n) is 10.9. The molecule has 1 N–H and O–H groups in total. The molecule has 1 saturated heterocycles. The first-order chi connectivity index (χ1) is 16.0. The highest BCUT2D eigenvalue weighted by Gasteiger charge is 2.22. The number of urea groups is 1. The average molecular weight is 448 g/mol. The smallest absolute Gasteiger partial charge is 0.321 e. The molecule has 4 rings (SSSR count). The van der Waals surface area contributed by atoms with Gasteiger partial charge >= 0.3 is 6.03 Å². The van der Waals surface area contributed by atoms with E-state index in [1.54, 1.807) is 14.2 Å². The van der Waals surface area contributed by atoms with E-state index in [-0.39, 0.29) is 6.03 Å². The van der Waals surface area contributed by atoms with Crippen molar-refractivity contribution in [3.63, 3.8) is 0 Å². The highest BCUT2D eigenvalue weighted by atomic mass is 16.5. The first kappa shape index (κ1) is 22.4. The number of rotatable bonds is 5. The molecule has 1 fully saturated rings. The van der Waals surface area contributed by atoms with Crippen molar-refractivity contribution in [1.82, 2.24) is 15.1 Å². The number of amides is 2. The van der Waals surface area contributed by atoms with E-state index >= 15 is 0 Å². The van der Waals surface area contributed by atoms with Crippen molar-refractivity contribution in [2.24, 2.45) is 0 Å². The van der Waals surface area contributed by atoms with Gasteiger partial charge in [-0.05, 0) is 61.4 Å². The van der Waals surface area contributed by atoms with Crippen molar-refractivity contribution in [3.8, 4) is 22.8 Å². The number of hydrogen-bond donors (Lipinski definition) is 1. The molecule has 0 aliphatic carbocycles. The Morgan fingerprint density at radius 1 is 0.909 bits per heavy atom. The van der Waals surface area contributed by atoms with Gasteiger partial charge in [0.05, 0.1) is 19.9 Å². The molecule has 0 radical (unpaired) electrons. The molecule has 0 unspecified atom stereocenters. The summed E-state index contributed by atoms with van der Waals surface area (Å²) >= 11 is 0. The van der Waals surface area contributed by atoms with Crippen LogP contribution in [0.3, 0.4) is 0 Å². The summed E-state index contributed by atoms with van der Waals surface area (Å²) in [5.41, 5.74) is 4.77. The lowest BCUT2D eigenvalue weighted by Crippen LogP contribution is -2.50. The van der Waals surface area contributed by atoms with Crippen LogP contribution >= 0.6 is 0 Å². The van der Waals surface area contributed by atoms with E-state index in [0.717, 1.165) is 33.9 Å². The topological polar surface area (TPSA) is 79.8 Å². The van der Waals surface area contributed by atoms with Crippen molar-refractivity contribution in [2.75, 3.05) is 50.6 Å². The van der Waals surface area contributed by atoms with Crippen LogP contribution < -0.4 is 19.7 Å². The predicted octanol–water partition coefficient (Wildman–Crippen LogP) is 4.13. The third-order valence-corrected chi connectivity index (χ3v) is 6.07. The molecule has 1 aromatic heterocycles. The maximum absolute atomic E-state index is 12.7. The normalized spacial score (nSPS) is 13.6. The van der Waals surface area contributed by atoms with Gasteiger partial charge in [-0.15, -0.1) is 10.2 Å². The second kappa shape index (κ2) is 9.77. The van der Waals surface area contributed by atoms with Gasteiger partial charge in [0, 0.05) is 37.4 Å². The Morgan fingerprint density at radius 3 is 2.33 bits per heavy atom. The van der Waals surface area contributed by atoms with Gasteiger partial charge in [-0.25, -0.2) is 4.79 Å². The van der Waals surface area contributed by atoms with Crippen LogP contribution in [0.25, 0.3) is 11.3 Å². The number of benzene rings is 2. The van der Waals surface area contributed by atoms with Crippen LogP contribution in [0.15, 0.2) is 48.5 Å². The summed E-state index contributed by atoms with van der Waals surface area (Å²) in [7, 11) is 3.22. The third-order valence-electron chi connectivity index (χ3n) is 6.07. The van der Waals surface area contributed by atoms with Crippen LogP contribution in [-0.2, 0) is 0 Å². The summed E-state index contributed by atoms with van der Waals surface area (Å²) in [6.45, 7) is 6.70. The first-order valence-corrected chi connectivity index (χ1v) is 10.9.